The quantitative estimate of drug-likeness (QED) is 0.885. The molecule has 0 aliphatic rings. The van der Waals surface area contributed by atoms with E-state index in [1.165, 1.54) is 4.88 Å². The fraction of sp³-hybridized carbons (Fsp3) is 0.231. The van der Waals surface area contributed by atoms with Crippen LogP contribution in [0.15, 0.2) is 36.4 Å². The zero-order valence-corrected chi connectivity index (χ0v) is 11.4. The van der Waals surface area contributed by atoms with Crippen LogP contribution in [0, 0.1) is 0 Å². The molecular formula is C13H12Cl2OS. The van der Waals surface area contributed by atoms with E-state index >= 15 is 0 Å². The van der Waals surface area contributed by atoms with Crippen molar-refractivity contribution in [3.63, 3.8) is 0 Å². The summed E-state index contributed by atoms with van der Waals surface area (Å²) in [6.45, 7) is 0.122. The molecule has 1 aromatic carbocycles. The van der Waals surface area contributed by atoms with E-state index in [1.807, 2.05) is 36.4 Å². The van der Waals surface area contributed by atoms with Crippen LogP contribution in [0.5, 0.6) is 0 Å². The van der Waals surface area contributed by atoms with E-state index in [2.05, 4.69) is 0 Å². The monoisotopic (exact) mass is 286 g/mol. The third kappa shape index (κ3) is 3.46. The molecule has 1 heterocycles. The number of hydrogen-bond donors (Lipinski definition) is 1. The summed E-state index contributed by atoms with van der Waals surface area (Å²) < 4.78 is 0.785. The third-order valence-electron chi connectivity index (χ3n) is 2.64. The second kappa shape index (κ2) is 5.87. The van der Waals surface area contributed by atoms with Crippen LogP contribution in [0.2, 0.25) is 9.36 Å². The lowest BCUT2D eigenvalue weighted by Crippen LogP contribution is -2.06. The fourth-order valence-electron chi connectivity index (χ4n) is 1.73. The average Bonchev–Trinajstić information content (AvgIpc) is 2.73. The SMILES string of the molecule is OCC(Cc1ccc(Cl)s1)c1ccc(Cl)cc1. The van der Waals surface area contributed by atoms with E-state index in [9.17, 15) is 5.11 Å². The van der Waals surface area contributed by atoms with Crippen LogP contribution in [-0.2, 0) is 6.42 Å². The first-order valence-electron chi connectivity index (χ1n) is 5.29. The van der Waals surface area contributed by atoms with E-state index in [0.29, 0.717) is 5.02 Å². The first kappa shape index (κ1) is 12.9. The molecule has 4 heteroatoms. The minimum absolute atomic E-state index is 0.0991. The molecule has 1 unspecified atom stereocenters. The molecule has 0 amide bonds. The van der Waals surface area contributed by atoms with Gasteiger partial charge >= 0.3 is 0 Å². The van der Waals surface area contributed by atoms with Gasteiger partial charge in [-0.1, -0.05) is 35.3 Å². The van der Waals surface area contributed by atoms with Gasteiger partial charge in [-0.05, 0) is 36.2 Å². The predicted octanol–water partition coefficient (Wildman–Crippen LogP) is 4.37. The second-order valence-corrected chi connectivity index (χ2v) is 6.08. The summed E-state index contributed by atoms with van der Waals surface area (Å²) in [6.07, 6.45) is 0.801. The van der Waals surface area contributed by atoms with Crippen LogP contribution >= 0.6 is 34.5 Å². The summed E-state index contributed by atoms with van der Waals surface area (Å²) in [7, 11) is 0. The lowest BCUT2D eigenvalue weighted by Gasteiger charge is -2.13. The Hall–Kier alpha value is -0.540. The molecule has 1 atom stereocenters. The van der Waals surface area contributed by atoms with Gasteiger partial charge in [0.15, 0.2) is 0 Å². The van der Waals surface area contributed by atoms with E-state index in [1.54, 1.807) is 11.3 Å². The molecule has 0 aliphatic carbocycles. The summed E-state index contributed by atoms with van der Waals surface area (Å²) in [6, 6.07) is 11.5. The van der Waals surface area contributed by atoms with Crippen LogP contribution in [0.3, 0.4) is 0 Å². The summed E-state index contributed by atoms with van der Waals surface area (Å²) in [4.78, 5) is 1.18. The zero-order chi connectivity index (χ0) is 12.3. The van der Waals surface area contributed by atoms with Crippen LogP contribution in [-0.4, -0.2) is 11.7 Å². The maximum Gasteiger partial charge on any atom is 0.0931 e. The molecule has 1 N–H and O–H groups in total. The first-order valence-corrected chi connectivity index (χ1v) is 6.87. The van der Waals surface area contributed by atoms with Crippen LogP contribution in [0.4, 0.5) is 0 Å². The van der Waals surface area contributed by atoms with Crippen LogP contribution in [0.25, 0.3) is 0 Å². The zero-order valence-electron chi connectivity index (χ0n) is 9.07. The highest BCUT2D eigenvalue weighted by Gasteiger charge is 2.12. The highest BCUT2D eigenvalue weighted by atomic mass is 35.5. The minimum atomic E-state index is 0.0991. The molecule has 17 heavy (non-hydrogen) atoms. The molecule has 0 fully saturated rings. The normalized spacial score (nSPS) is 12.6. The molecule has 2 rings (SSSR count). The van der Waals surface area contributed by atoms with Crippen molar-refractivity contribution in [3.8, 4) is 0 Å². The molecule has 1 nitrogen and oxygen atoms in total. The molecular weight excluding hydrogens is 275 g/mol. The Labute approximate surface area is 115 Å². The smallest absolute Gasteiger partial charge is 0.0931 e. The second-order valence-electron chi connectivity index (χ2n) is 3.84. The van der Waals surface area contributed by atoms with Gasteiger partial charge in [0.2, 0.25) is 0 Å². The minimum Gasteiger partial charge on any atom is -0.396 e. The number of hydrogen-bond acceptors (Lipinski definition) is 2. The van der Waals surface area contributed by atoms with Crippen molar-refractivity contribution in [2.24, 2.45) is 0 Å². The summed E-state index contributed by atoms with van der Waals surface area (Å²) in [5, 5.41) is 10.2. The van der Waals surface area contributed by atoms with Crippen molar-refractivity contribution >= 4 is 34.5 Å². The Kier molecular flexibility index (Phi) is 4.46. The fourth-order valence-corrected chi connectivity index (χ4v) is 3.02. The lowest BCUT2D eigenvalue weighted by atomic mass is 9.96. The molecule has 0 saturated carbocycles. The topological polar surface area (TPSA) is 20.2 Å². The molecule has 0 bridgehead atoms. The Bertz CT molecular complexity index is 478. The van der Waals surface area contributed by atoms with Gasteiger partial charge in [-0.2, -0.15) is 0 Å². The molecule has 0 saturated heterocycles. The standard InChI is InChI=1S/C13H12Cl2OS/c14-11-3-1-9(2-4-11)10(8-16)7-12-5-6-13(15)17-12/h1-6,10,16H,7-8H2. The van der Waals surface area contributed by atoms with Gasteiger partial charge in [0.05, 0.1) is 10.9 Å². The lowest BCUT2D eigenvalue weighted by molar-refractivity contribution is 0.265. The van der Waals surface area contributed by atoms with Crippen molar-refractivity contribution in [1.82, 2.24) is 0 Å². The van der Waals surface area contributed by atoms with Crippen molar-refractivity contribution in [1.29, 1.82) is 0 Å². The summed E-state index contributed by atoms with van der Waals surface area (Å²) >= 11 is 13.3. The number of benzene rings is 1. The van der Waals surface area contributed by atoms with Crippen molar-refractivity contribution < 1.29 is 5.11 Å². The summed E-state index contributed by atoms with van der Waals surface area (Å²) in [5.74, 6) is 0.0991. The number of aliphatic hydroxyl groups excluding tert-OH is 1. The first-order chi connectivity index (χ1) is 8.19. The van der Waals surface area contributed by atoms with Gasteiger partial charge in [0.25, 0.3) is 0 Å². The maximum atomic E-state index is 9.46. The molecule has 1 aromatic heterocycles. The molecule has 90 valence electrons. The van der Waals surface area contributed by atoms with Crippen LogP contribution in [0.1, 0.15) is 16.4 Å². The Morgan fingerprint density at radius 2 is 1.76 bits per heavy atom. The van der Waals surface area contributed by atoms with Gasteiger partial charge in [0.1, 0.15) is 0 Å². The molecule has 0 spiro atoms. The average molecular weight is 287 g/mol. The highest BCUT2D eigenvalue weighted by Crippen LogP contribution is 2.28. The van der Waals surface area contributed by atoms with Gasteiger partial charge in [-0.15, -0.1) is 11.3 Å². The number of rotatable bonds is 4. The summed E-state index contributed by atoms with van der Waals surface area (Å²) in [5.41, 5.74) is 1.10. The van der Waals surface area contributed by atoms with E-state index < -0.39 is 0 Å². The van der Waals surface area contributed by atoms with E-state index in [-0.39, 0.29) is 12.5 Å². The van der Waals surface area contributed by atoms with E-state index in [0.717, 1.165) is 16.3 Å². The number of aliphatic hydroxyl groups is 1. The Morgan fingerprint density at radius 1 is 1.06 bits per heavy atom. The number of halogens is 2. The molecule has 2 aromatic rings. The van der Waals surface area contributed by atoms with Gasteiger partial charge < -0.3 is 5.11 Å². The number of thiophene rings is 1. The van der Waals surface area contributed by atoms with Crippen molar-refractivity contribution in [3.05, 3.63) is 56.2 Å². The largest absolute Gasteiger partial charge is 0.396 e. The highest BCUT2D eigenvalue weighted by molar-refractivity contribution is 7.16. The van der Waals surface area contributed by atoms with Crippen molar-refractivity contribution in [2.75, 3.05) is 6.61 Å². The van der Waals surface area contributed by atoms with Crippen molar-refractivity contribution in [2.45, 2.75) is 12.3 Å². The Morgan fingerprint density at radius 3 is 2.29 bits per heavy atom. The van der Waals surface area contributed by atoms with Gasteiger partial charge in [-0.3, -0.25) is 0 Å². The Balaban J connectivity index is 2.13. The van der Waals surface area contributed by atoms with Gasteiger partial charge in [-0.25, -0.2) is 0 Å². The van der Waals surface area contributed by atoms with Gasteiger partial charge in [0, 0.05) is 15.8 Å². The predicted molar refractivity (Wildman–Crippen MR) is 74.3 cm³/mol. The molecule has 0 aliphatic heterocycles. The van der Waals surface area contributed by atoms with Crippen LogP contribution < -0.4 is 0 Å². The van der Waals surface area contributed by atoms with E-state index in [4.69, 9.17) is 23.2 Å². The third-order valence-corrected chi connectivity index (χ3v) is 4.14. The molecule has 0 radical (unpaired) electrons. The maximum absolute atomic E-state index is 9.46.